The Labute approximate surface area is 126 Å². The number of aromatic nitrogens is 3. The maximum Gasteiger partial charge on any atom is 0.322 e. The average molecular weight is 314 g/mol. The number of nitrogens with zero attached hydrogens (tertiary/aromatic N) is 4. The Morgan fingerprint density at radius 3 is 2.71 bits per heavy atom. The molecule has 114 valence electrons. The van der Waals surface area contributed by atoms with Crippen LogP contribution in [0, 0.1) is 0 Å². The van der Waals surface area contributed by atoms with Crippen LogP contribution in [0.5, 0.6) is 6.01 Å². The molecular weight excluding hydrogens is 298 g/mol. The predicted molar refractivity (Wildman–Crippen MR) is 75.0 cm³/mol. The SMILES string of the molecule is CC(C)Oc1nc(Cl)nc(NC2CCC(=O)N(C)C2=O)n1. The summed E-state index contributed by atoms with van der Waals surface area (Å²) in [5, 5.41) is 2.83. The van der Waals surface area contributed by atoms with E-state index in [9.17, 15) is 9.59 Å². The standard InChI is InChI=1S/C12H16ClN5O3/c1-6(2)21-12-16-10(13)15-11(17-12)14-7-4-5-8(19)18(3)9(7)20/h6-7H,4-5H2,1-3H3,(H,14,15,16,17). The molecule has 1 fully saturated rings. The monoisotopic (exact) mass is 313 g/mol. The summed E-state index contributed by atoms with van der Waals surface area (Å²) in [6.45, 7) is 3.66. The van der Waals surface area contributed by atoms with Gasteiger partial charge in [-0.1, -0.05) is 0 Å². The van der Waals surface area contributed by atoms with Crippen molar-refractivity contribution in [3.05, 3.63) is 5.28 Å². The van der Waals surface area contributed by atoms with Crippen molar-refractivity contribution in [1.82, 2.24) is 19.9 Å². The molecule has 1 aromatic rings. The van der Waals surface area contributed by atoms with Crippen molar-refractivity contribution < 1.29 is 14.3 Å². The van der Waals surface area contributed by atoms with Gasteiger partial charge in [-0.3, -0.25) is 14.5 Å². The number of ether oxygens (including phenoxy) is 1. The summed E-state index contributed by atoms with van der Waals surface area (Å²) >= 11 is 5.81. The Hall–Kier alpha value is -1.96. The van der Waals surface area contributed by atoms with Gasteiger partial charge in [0.25, 0.3) is 5.91 Å². The Kier molecular flexibility index (Phi) is 4.56. The molecule has 0 aliphatic carbocycles. The van der Waals surface area contributed by atoms with Crippen LogP contribution in [0.25, 0.3) is 0 Å². The van der Waals surface area contributed by atoms with Crippen LogP contribution in [0.2, 0.25) is 5.28 Å². The molecule has 1 aliphatic rings. The van der Waals surface area contributed by atoms with E-state index >= 15 is 0 Å². The first-order chi connectivity index (χ1) is 9.86. The van der Waals surface area contributed by atoms with Gasteiger partial charge in [-0.15, -0.1) is 0 Å². The molecule has 1 atom stereocenters. The van der Waals surface area contributed by atoms with Crippen LogP contribution < -0.4 is 10.1 Å². The second-order valence-corrected chi connectivity index (χ2v) is 5.24. The molecule has 0 saturated carbocycles. The lowest BCUT2D eigenvalue weighted by molar-refractivity contribution is -0.146. The zero-order valence-corrected chi connectivity index (χ0v) is 12.7. The van der Waals surface area contributed by atoms with Crippen molar-refractivity contribution in [3.8, 4) is 6.01 Å². The van der Waals surface area contributed by atoms with Crippen LogP contribution in [0.3, 0.4) is 0 Å². The Balaban J connectivity index is 2.14. The van der Waals surface area contributed by atoms with Crippen LogP contribution >= 0.6 is 11.6 Å². The highest BCUT2D eigenvalue weighted by molar-refractivity contribution is 6.28. The van der Waals surface area contributed by atoms with E-state index in [2.05, 4.69) is 20.3 Å². The number of imide groups is 1. The predicted octanol–water partition coefficient (Wildman–Crippen LogP) is 0.871. The Morgan fingerprint density at radius 1 is 1.33 bits per heavy atom. The molecular formula is C12H16ClN5O3. The Morgan fingerprint density at radius 2 is 2.05 bits per heavy atom. The van der Waals surface area contributed by atoms with E-state index < -0.39 is 6.04 Å². The van der Waals surface area contributed by atoms with Crippen molar-refractivity contribution in [2.75, 3.05) is 12.4 Å². The fourth-order valence-corrected chi connectivity index (χ4v) is 2.02. The molecule has 0 bridgehead atoms. The number of hydrogen-bond donors (Lipinski definition) is 1. The summed E-state index contributed by atoms with van der Waals surface area (Å²) in [6.07, 6.45) is 0.552. The minimum Gasteiger partial charge on any atom is -0.461 e. The van der Waals surface area contributed by atoms with E-state index in [0.29, 0.717) is 6.42 Å². The molecule has 0 radical (unpaired) electrons. The van der Waals surface area contributed by atoms with Crippen LogP contribution in [-0.4, -0.2) is 50.9 Å². The highest BCUT2D eigenvalue weighted by Gasteiger charge is 2.32. The number of amides is 2. The van der Waals surface area contributed by atoms with Crippen molar-refractivity contribution >= 4 is 29.4 Å². The minimum atomic E-state index is -0.571. The van der Waals surface area contributed by atoms with E-state index in [4.69, 9.17) is 16.3 Å². The van der Waals surface area contributed by atoms with Gasteiger partial charge in [-0.2, -0.15) is 15.0 Å². The fourth-order valence-electron chi connectivity index (χ4n) is 1.87. The number of piperidine rings is 1. The average Bonchev–Trinajstić information content (AvgIpc) is 2.38. The number of nitrogens with one attached hydrogen (secondary N) is 1. The number of likely N-dealkylation sites (N-methyl/N-ethyl adjacent to an activating group) is 1. The largest absolute Gasteiger partial charge is 0.461 e. The number of rotatable bonds is 4. The molecule has 1 N–H and O–H groups in total. The number of carbonyl (C=O) groups is 2. The lowest BCUT2D eigenvalue weighted by Gasteiger charge is -2.28. The van der Waals surface area contributed by atoms with E-state index in [1.807, 2.05) is 13.8 Å². The molecule has 21 heavy (non-hydrogen) atoms. The first-order valence-electron chi connectivity index (χ1n) is 6.52. The maximum absolute atomic E-state index is 12.0. The number of likely N-dealkylation sites (tertiary alicyclic amines) is 1. The van der Waals surface area contributed by atoms with E-state index in [-0.39, 0.29) is 41.6 Å². The van der Waals surface area contributed by atoms with Crippen LogP contribution in [0.15, 0.2) is 0 Å². The summed E-state index contributed by atoms with van der Waals surface area (Å²) in [6, 6.07) is -0.488. The van der Waals surface area contributed by atoms with Crippen LogP contribution in [0.1, 0.15) is 26.7 Å². The third-order valence-corrected chi connectivity index (χ3v) is 3.05. The van der Waals surface area contributed by atoms with Crippen LogP contribution in [-0.2, 0) is 9.59 Å². The third-order valence-electron chi connectivity index (χ3n) is 2.88. The molecule has 1 aliphatic heterocycles. The first-order valence-corrected chi connectivity index (χ1v) is 6.89. The molecule has 2 rings (SSSR count). The van der Waals surface area contributed by atoms with Gasteiger partial charge in [-0.25, -0.2) is 0 Å². The second-order valence-electron chi connectivity index (χ2n) is 4.90. The van der Waals surface area contributed by atoms with Gasteiger partial charge in [-0.05, 0) is 31.9 Å². The Bertz CT molecular complexity index is 566. The molecule has 1 aromatic heterocycles. The lowest BCUT2D eigenvalue weighted by Crippen LogP contribution is -2.48. The zero-order chi connectivity index (χ0) is 15.6. The third kappa shape index (κ3) is 3.78. The smallest absolute Gasteiger partial charge is 0.322 e. The van der Waals surface area contributed by atoms with Gasteiger partial charge >= 0.3 is 6.01 Å². The molecule has 0 aromatic carbocycles. The van der Waals surface area contributed by atoms with Crippen molar-refractivity contribution in [3.63, 3.8) is 0 Å². The summed E-state index contributed by atoms with van der Waals surface area (Å²) in [4.78, 5) is 36.3. The maximum atomic E-state index is 12.0. The molecule has 2 amide bonds. The van der Waals surface area contributed by atoms with Crippen molar-refractivity contribution in [1.29, 1.82) is 0 Å². The molecule has 1 saturated heterocycles. The molecule has 9 heteroatoms. The van der Waals surface area contributed by atoms with Crippen molar-refractivity contribution in [2.45, 2.75) is 38.8 Å². The summed E-state index contributed by atoms with van der Waals surface area (Å²) < 4.78 is 5.35. The zero-order valence-electron chi connectivity index (χ0n) is 12.0. The van der Waals surface area contributed by atoms with Gasteiger partial charge in [0.05, 0.1) is 6.10 Å². The van der Waals surface area contributed by atoms with Gasteiger partial charge < -0.3 is 10.1 Å². The molecule has 2 heterocycles. The minimum absolute atomic E-state index is 0.0316. The highest BCUT2D eigenvalue weighted by atomic mass is 35.5. The van der Waals surface area contributed by atoms with E-state index in [1.165, 1.54) is 7.05 Å². The van der Waals surface area contributed by atoms with Crippen LogP contribution in [0.4, 0.5) is 5.95 Å². The lowest BCUT2D eigenvalue weighted by atomic mass is 10.1. The summed E-state index contributed by atoms with van der Waals surface area (Å²) in [7, 11) is 1.45. The highest BCUT2D eigenvalue weighted by Crippen LogP contribution is 2.18. The topological polar surface area (TPSA) is 97.3 Å². The van der Waals surface area contributed by atoms with Gasteiger partial charge in [0.1, 0.15) is 6.04 Å². The number of halogens is 1. The van der Waals surface area contributed by atoms with E-state index in [1.54, 1.807) is 0 Å². The first kappa shape index (κ1) is 15.4. The van der Waals surface area contributed by atoms with E-state index in [0.717, 1.165) is 4.90 Å². The normalized spacial score (nSPS) is 19.1. The quantitative estimate of drug-likeness (QED) is 0.824. The summed E-state index contributed by atoms with van der Waals surface area (Å²) in [5.74, 6) is -0.378. The van der Waals surface area contributed by atoms with Gasteiger partial charge in [0, 0.05) is 13.5 Å². The van der Waals surface area contributed by atoms with Gasteiger partial charge in [0.2, 0.25) is 17.1 Å². The second kappa shape index (κ2) is 6.21. The summed E-state index contributed by atoms with van der Waals surface area (Å²) in [5.41, 5.74) is 0. The number of carbonyl (C=O) groups excluding carboxylic acids is 2. The number of anilines is 1. The molecule has 8 nitrogen and oxygen atoms in total. The molecule has 0 spiro atoms. The number of hydrogen-bond acceptors (Lipinski definition) is 7. The molecule has 1 unspecified atom stereocenters. The van der Waals surface area contributed by atoms with Gasteiger partial charge in [0.15, 0.2) is 0 Å². The van der Waals surface area contributed by atoms with Crippen molar-refractivity contribution in [2.24, 2.45) is 0 Å². The fraction of sp³-hybridized carbons (Fsp3) is 0.583.